The molecule has 0 saturated carbocycles. The summed E-state index contributed by atoms with van der Waals surface area (Å²) in [5, 5.41) is 6.60. The fraction of sp³-hybridized carbons (Fsp3) is 0.286. The molecular weight excluding hydrogens is 276 g/mol. The molecule has 1 aliphatic heterocycles. The molecule has 20 heavy (non-hydrogen) atoms. The first-order valence-corrected chi connectivity index (χ1v) is 6.83. The van der Waals surface area contributed by atoms with Gasteiger partial charge in [-0.3, -0.25) is 10.1 Å². The molecule has 0 bridgehead atoms. The SMILES string of the molecule is Cc1ccc(Cl)c(NC(=O)C2Cc3nc[nH]c3CN2)c1. The van der Waals surface area contributed by atoms with Crippen molar-refractivity contribution in [2.75, 3.05) is 5.32 Å². The van der Waals surface area contributed by atoms with E-state index in [4.69, 9.17) is 11.6 Å². The first kappa shape index (κ1) is 13.1. The zero-order valence-electron chi connectivity index (χ0n) is 11.0. The average Bonchev–Trinajstić information content (AvgIpc) is 2.90. The second-order valence-electron chi connectivity index (χ2n) is 4.94. The number of fused-ring (bicyclic) bond motifs is 1. The van der Waals surface area contributed by atoms with Crippen molar-refractivity contribution >= 4 is 23.2 Å². The van der Waals surface area contributed by atoms with Gasteiger partial charge in [0, 0.05) is 13.0 Å². The molecule has 3 N–H and O–H groups in total. The number of H-pyrrole nitrogens is 1. The zero-order chi connectivity index (χ0) is 14.1. The van der Waals surface area contributed by atoms with Gasteiger partial charge in [0.2, 0.25) is 5.91 Å². The molecule has 6 heteroatoms. The number of hydrogen-bond donors (Lipinski definition) is 3. The van der Waals surface area contributed by atoms with Crippen LogP contribution in [0.3, 0.4) is 0 Å². The van der Waals surface area contributed by atoms with Gasteiger partial charge in [-0.05, 0) is 24.6 Å². The Labute approximate surface area is 121 Å². The molecule has 0 fully saturated rings. The number of carbonyl (C=O) groups excluding carboxylic acids is 1. The van der Waals surface area contributed by atoms with Crippen molar-refractivity contribution in [3.63, 3.8) is 0 Å². The number of nitrogens with zero attached hydrogens (tertiary/aromatic N) is 1. The normalized spacial score (nSPS) is 17.6. The maximum atomic E-state index is 12.3. The number of carbonyl (C=O) groups is 1. The molecule has 104 valence electrons. The Morgan fingerprint density at radius 2 is 2.35 bits per heavy atom. The van der Waals surface area contributed by atoms with Gasteiger partial charge in [-0.1, -0.05) is 17.7 Å². The molecule has 1 atom stereocenters. The van der Waals surface area contributed by atoms with Gasteiger partial charge in [0.15, 0.2) is 0 Å². The molecular formula is C14H15ClN4O. The van der Waals surface area contributed by atoms with Gasteiger partial charge in [0.05, 0.1) is 34.5 Å². The van der Waals surface area contributed by atoms with Gasteiger partial charge in [-0.15, -0.1) is 0 Å². The molecule has 0 saturated heterocycles. The largest absolute Gasteiger partial charge is 0.347 e. The highest BCUT2D eigenvalue weighted by molar-refractivity contribution is 6.33. The highest BCUT2D eigenvalue weighted by atomic mass is 35.5. The topological polar surface area (TPSA) is 69.8 Å². The van der Waals surface area contributed by atoms with E-state index in [1.165, 1.54) is 0 Å². The third-order valence-corrected chi connectivity index (χ3v) is 3.76. The van der Waals surface area contributed by atoms with Gasteiger partial charge in [-0.2, -0.15) is 0 Å². The van der Waals surface area contributed by atoms with E-state index in [1.807, 2.05) is 19.1 Å². The van der Waals surface area contributed by atoms with Crippen LogP contribution in [0.5, 0.6) is 0 Å². The molecule has 0 radical (unpaired) electrons. The van der Waals surface area contributed by atoms with Crippen LogP contribution >= 0.6 is 11.6 Å². The van der Waals surface area contributed by atoms with Crippen molar-refractivity contribution in [3.05, 3.63) is 46.5 Å². The lowest BCUT2D eigenvalue weighted by molar-refractivity contribution is -0.118. The van der Waals surface area contributed by atoms with Crippen molar-refractivity contribution in [3.8, 4) is 0 Å². The van der Waals surface area contributed by atoms with Crippen LogP contribution in [0, 0.1) is 6.92 Å². The van der Waals surface area contributed by atoms with Gasteiger partial charge in [-0.25, -0.2) is 4.98 Å². The number of anilines is 1. The average molecular weight is 291 g/mol. The van der Waals surface area contributed by atoms with Crippen LogP contribution in [0.15, 0.2) is 24.5 Å². The predicted octanol–water partition coefficient (Wildman–Crippen LogP) is 2.02. The summed E-state index contributed by atoms with van der Waals surface area (Å²) < 4.78 is 0. The van der Waals surface area contributed by atoms with E-state index in [2.05, 4.69) is 20.6 Å². The number of nitrogens with one attached hydrogen (secondary N) is 3. The van der Waals surface area contributed by atoms with Crippen LogP contribution in [-0.4, -0.2) is 21.9 Å². The van der Waals surface area contributed by atoms with E-state index in [0.29, 0.717) is 23.7 Å². The number of halogens is 1. The highest BCUT2D eigenvalue weighted by Crippen LogP contribution is 2.23. The fourth-order valence-electron chi connectivity index (χ4n) is 2.31. The Morgan fingerprint density at radius 1 is 1.50 bits per heavy atom. The molecule has 1 aliphatic rings. The van der Waals surface area contributed by atoms with E-state index < -0.39 is 0 Å². The summed E-state index contributed by atoms with van der Waals surface area (Å²) >= 11 is 6.09. The van der Waals surface area contributed by atoms with Crippen molar-refractivity contribution < 1.29 is 4.79 Å². The van der Waals surface area contributed by atoms with Crippen LogP contribution in [0.4, 0.5) is 5.69 Å². The molecule has 1 amide bonds. The van der Waals surface area contributed by atoms with Gasteiger partial charge >= 0.3 is 0 Å². The van der Waals surface area contributed by atoms with Gasteiger partial charge < -0.3 is 10.3 Å². The van der Waals surface area contributed by atoms with E-state index in [9.17, 15) is 4.79 Å². The molecule has 3 rings (SSSR count). The standard InChI is InChI=1S/C14H15ClN4O/c1-8-2-3-9(15)10(4-8)19-14(20)12-5-11-13(6-16-12)18-7-17-11/h2-4,7,12,16H,5-6H2,1H3,(H,17,18)(H,19,20). The third-order valence-electron chi connectivity index (χ3n) is 3.43. The maximum Gasteiger partial charge on any atom is 0.241 e. The number of aromatic amines is 1. The number of imidazole rings is 1. The molecule has 1 aromatic carbocycles. The van der Waals surface area contributed by atoms with Crippen molar-refractivity contribution in [2.24, 2.45) is 0 Å². The Balaban J connectivity index is 1.73. The second kappa shape index (κ2) is 5.26. The summed E-state index contributed by atoms with van der Waals surface area (Å²) in [6.07, 6.45) is 2.23. The lowest BCUT2D eigenvalue weighted by Crippen LogP contribution is -2.44. The summed E-state index contributed by atoms with van der Waals surface area (Å²) in [4.78, 5) is 19.6. The first-order valence-electron chi connectivity index (χ1n) is 6.45. The Morgan fingerprint density at radius 3 is 3.20 bits per heavy atom. The zero-order valence-corrected chi connectivity index (χ0v) is 11.8. The Hall–Kier alpha value is -1.85. The summed E-state index contributed by atoms with van der Waals surface area (Å²) in [5.41, 5.74) is 3.68. The smallest absolute Gasteiger partial charge is 0.241 e. The summed E-state index contributed by atoms with van der Waals surface area (Å²) in [6, 6.07) is 5.27. The first-order chi connectivity index (χ1) is 9.63. The molecule has 2 aromatic rings. The molecule has 1 unspecified atom stereocenters. The van der Waals surface area contributed by atoms with E-state index in [-0.39, 0.29) is 11.9 Å². The number of aryl methyl sites for hydroxylation is 1. The highest BCUT2D eigenvalue weighted by Gasteiger charge is 2.26. The van der Waals surface area contributed by atoms with Crippen LogP contribution in [0.2, 0.25) is 5.02 Å². The molecule has 0 spiro atoms. The lowest BCUT2D eigenvalue weighted by atomic mass is 10.0. The van der Waals surface area contributed by atoms with Crippen molar-refractivity contribution in [1.82, 2.24) is 15.3 Å². The summed E-state index contributed by atoms with van der Waals surface area (Å²) in [7, 11) is 0. The predicted molar refractivity (Wildman–Crippen MR) is 77.7 cm³/mol. The Bertz CT molecular complexity index is 652. The minimum Gasteiger partial charge on any atom is -0.347 e. The molecule has 5 nitrogen and oxygen atoms in total. The lowest BCUT2D eigenvalue weighted by Gasteiger charge is -2.22. The molecule has 1 aromatic heterocycles. The Kier molecular flexibility index (Phi) is 3.46. The van der Waals surface area contributed by atoms with Crippen LogP contribution in [-0.2, 0) is 17.8 Å². The van der Waals surface area contributed by atoms with Crippen LogP contribution in [0.25, 0.3) is 0 Å². The van der Waals surface area contributed by atoms with Gasteiger partial charge in [0.1, 0.15) is 0 Å². The number of benzene rings is 1. The summed E-state index contributed by atoms with van der Waals surface area (Å²) in [6.45, 7) is 2.58. The van der Waals surface area contributed by atoms with Crippen LogP contribution in [0.1, 0.15) is 17.0 Å². The minimum atomic E-state index is -0.289. The number of amides is 1. The van der Waals surface area contributed by atoms with E-state index >= 15 is 0 Å². The van der Waals surface area contributed by atoms with Crippen LogP contribution < -0.4 is 10.6 Å². The third kappa shape index (κ3) is 2.55. The van der Waals surface area contributed by atoms with E-state index in [1.54, 1.807) is 12.4 Å². The molecule has 0 aliphatic carbocycles. The quantitative estimate of drug-likeness (QED) is 0.792. The van der Waals surface area contributed by atoms with Gasteiger partial charge in [0.25, 0.3) is 0 Å². The number of aromatic nitrogens is 2. The number of hydrogen-bond acceptors (Lipinski definition) is 3. The second-order valence-corrected chi connectivity index (χ2v) is 5.35. The fourth-order valence-corrected chi connectivity index (χ4v) is 2.47. The van der Waals surface area contributed by atoms with E-state index in [0.717, 1.165) is 17.0 Å². The van der Waals surface area contributed by atoms with Crippen molar-refractivity contribution in [1.29, 1.82) is 0 Å². The molecule has 2 heterocycles. The number of rotatable bonds is 2. The summed E-state index contributed by atoms with van der Waals surface area (Å²) in [5.74, 6) is -0.0915. The minimum absolute atomic E-state index is 0.0915. The maximum absolute atomic E-state index is 12.3. The van der Waals surface area contributed by atoms with Crippen molar-refractivity contribution in [2.45, 2.75) is 25.9 Å². The monoisotopic (exact) mass is 290 g/mol.